The normalized spacial score (nSPS) is 12.5. The van der Waals surface area contributed by atoms with Gasteiger partial charge in [-0.15, -0.1) is 0 Å². The van der Waals surface area contributed by atoms with E-state index in [9.17, 15) is 0 Å². The van der Waals surface area contributed by atoms with Gasteiger partial charge in [0.2, 0.25) is 12.7 Å². The molecule has 0 fully saturated rings. The number of rotatable bonds is 4. The molecule has 0 saturated heterocycles. The van der Waals surface area contributed by atoms with Gasteiger partial charge in [0.1, 0.15) is 11.6 Å². The Morgan fingerprint density at radius 1 is 1.04 bits per heavy atom. The Hall–Kier alpha value is -3.22. The molecule has 0 amide bonds. The highest BCUT2D eigenvalue weighted by atomic mass is 16.7. The fraction of sp³-hybridized carbons (Fsp3) is 0.176. The molecular weight excluding hydrogens is 308 g/mol. The topological polar surface area (TPSA) is 106 Å². The predicted octanol–water partition coefficient (Wildman–Crippen LogP) is 2.14. The van der Waals surface area contributed by atoms with Crippen LogP contribution in [0.2, 0.25) is 0 Å². The van der Waals surface area contributed by atoms with E-state index in [1.54, 1.807) is 0 Å². The summed E-state index contributed by atoms with van der Waals surface area (Å²) in [5.41, 5.74) is 13.4. The number of anilines is 2. The number of nitrogens with two attached hydrogens (primary N) is 2. The Morgan fingerprint density at radius 3 is 2.83 bits per heavy atom. The molecule has 24 heavy (non-hydrogen) atoms. The molecule has 7 nitrogen and oxygen atoms in total. The minimum absolute atomic E-state index is 0.150. The second kappa shape index (κ2) is 5.77. The van der Waals surface area contributed by atoms with Gasteiger partial charge in [0.05, 0.1) is 17.5 Å². The maximum Gasteiger partial charge on any atom is 0.231 e. The van der Waals surface area contributed by atoms with Gasteiger partial charge < -0.3 is 25.7 Å². The molecule has 4 rings (SSSR count). The summed E-state index contributed by atoms with van der Waals surface area (Å²) in [5.74, 6) is 2.65. The second-order valence-electron chi connectivity index (χ2n) is 5.40. The Bertz CT molecular complexity index is 914. The Balaban J connectivity index is 1.51. The molecule has 1 aliphatic rings. The largest absolute Gasteiger partial charge is 0.492 e. The molecule has 0 aliphatic carbocycles. The van der Waals surface area contributed by atoms with E-state index in [1.165, 1.54) is 0 Å². The summed E-state index contributed by atoms with van der Waals surface area (Å²) in [5, 5.41) is 0.678. The maximum atomic E-state index is 5.96. The highest BCUT2D eigenvalue weighted by Gasteiger charge is 2.13. The lowest BCUT2D eigenvalue weighted by Crippen LogP contribution is -2.05. The van der Waals surface area contributed by atoms with E-state index >= 15 is 0 Å². The number of hydrogen-bond donors (Lipinski definition) is 2. The Labute approximate surface area is 138 Å². The monoisotopic (exact) mass is 324 g/mol. The van der Waals surface area contributed by atoms with E-state index in [-0.39, 0.29) is 12.7 Å². The van der Waals surface area contributed by atoms with Gasteiger partial charge in [0, 0.05) is 6.42 Å². The molecule has 0 spiro atoms. The molecule has 1 aliphatic heterocycles. The molecule has 3 aromatic rings. The molecule has 4 N–H and O–H groups in total. The SMILES string of the molecule is Nc1nc(N)c2c(OCCc3ccc4c(c3)OCO4)cccc2n1. The van der Waals surface area contributed by atoms with E-state index in [0.717, 1.165) is 23.5 Å². The van der Waals surface area contributed by atoms with Gasteiger partial charge in [0.25, 0.3) is 0 Å². The lowest BCUT2D eigenvalue weighted by molar-refractivity contribution is 0.174. The smallest absolute Gasteiger partial charge is 0.231 e. The summed E-state index contributed by atoms with van der Waals surface area (Å²) in [6.07, 6.45) is 0.725. The van der Waals surface area contributed by atoms with E-state index in [0.29, 0.717) is 29.1 Å². The average Bonchev–Trinajstić information content (AvgIpc) is 3.02. The molecule has 2 heterocycles. The Kier molecular flexibility index (Phi) is 3.45. The van der Waals surface area contributed by atoms with E-state index in [2.05, 4.69) is 9.97 Å². The zero-order valence-electron chi connectivity index (χ0n) is 12.9. The highest BCUT2D eigenvalue weighted by Crippen LogP contribution is 2.33. The fourth-order valence-corrected chi connectivity index (χ4v) is 2.69. The van der Waals surface area contributed by atoms with Gasteiger partial charge in [-0.2, -0.15) is 4.98 Å². The number of ether oxygens (including phenoxy) is 3. The first-order chi connectivity index (χ1) is 11.7. The predicted molar refractivity (Wildman–Crippen MR) is 90.1 cm³/mol. The van der Waals surface area contributed by atoms with Crippen LogP contribution in [0.25, 0.3) is 10.9 Å². The first-order valence-electron chi connectivity index (χ1n) is 7.54. The van der Waals surface area contributed by atoms with Crippen molar-refractivity contribution in [1.82, 2.24) is 9.97 Å². The molecule has 0 unspecified atom stereocenters. The highest BCUT2D eigenvalue weighted by molar-refractivity contribution is 5.94. The van der Waals surface area contributed by atoms with Gasteiger partial charge in [-0.05, 0) is 29.8 Å². The van der Waals surface area contributed by atoms with Crippen LogP contribution in [0.5, 0.6) is 17.2 Å². The molecule has 122 valence electrons. The summed E-state index contributed by atoms with van der Waals surface area (Å²) in [6, 6.07) is 11.4. The van der Waals surface area contributed by atoms with Crippen molar-refractivity contribution in [2.75, 3.05) is 24.9 Å². The van der Waals surface area contributed by atoms with Crippen molar-refractivity contribution in [1.29, 1.82) is 0 Å². The lowest BCUT2D eigenvalue weighted by atomic mass is 10.1. The van der Waals surface area contributed by atoms with Crippen molar-refractivity contribution in [2.24, 2.45) is 0 Å². The summed E-state index contributed by atoms with van der Waals surface area (Å²) in [7, 11) is 0. The quantitative estimate of drug-likeness (QED) is 0.757. The molecule has 0 saturated carbocycles. The van der Waals surface area contributed by atoms with Crippen LogP contribution in [0.4, 0.5) is 11.8 Å². The average molecular weight is 324 g/mol. The van der Waals surface area contributed by atoms with Gasteiger partial charge in [-0.25, -0.2) is 4.98 Å². The van der Waals surface area contributed by atoms with Crippen LogP contribution in [0.1, 0.15) is 5.56 Å². The lowest BCUT2D eigenvalue weighted by Gasteiger charge is -2.11. The van der Waals surface area contributed by atoms with Crippen LogP contribution in [0.3, 0.4) is 0 Å². The zero-order valence-corrected chi connectivity index (χ0v) is 12.9. The first-order valence-corrected chi connectivity index (χ1v) is 7.54. The number of nitrogen functional groups attached to an aromatic ring is 2. The van der Waals surface area contributed by atoms with E-state index in [4.69, 9.17) is 25.7 Å². The summed E-state index contributed by atoms with van der Waals surface area (Å²) in [4.78, 5) is 8.18. The van der Waals surface area contributed by atoms with Crippen LogP contribution in [0.15, 0.2) is 36.4 Å². The molecular formula is C17H16N4O3. The number of nitrogens with zero attached hydrogens (tertiary/aromatic N) is 2. The van der Waals surface area contributed by atoms with Gasteiger partial charge in [-0.1, -0.05) is 12.1 Å². The van der Waals surface area contributed by atoms with E-state index < -0.39 is 0 Å². The van der Waals surface area contributed by atoms with Crippen LogP contribution >= 0.6 is 0 Å². The maximum absolute atomic E-state index is 5.96. The van der Waals surface area contributed by atoms with Gasteiger partial charge >= 0.3 is 0 Å². The summed E-state index contributed by atoms with van der Waals surface area (Å²) in [6.45, 7) is 0.760. The van der Waals surface area contributed by atoms with Gasteiger partial charge in [0.15, 0.2) is 11.5 Å². The second-order valence-corrected chi connectivity index (χ2v) is 5.40. The standard InChI is InChI=1S/C17H16N4O3/c18-16-15-11(20-17(19)21-16)2-1-3-13(15)22-7-6-10-4-5-12-14(8-10)24-9-23-12/h1-5,8H,6-7,9H2,(H4,18,19,20,21). The van der Waals surface area contributed by atoms with Crippen molar-refractivity contribution in [3.8, 4) is 17.2 Å². The molecule has 0 radical (unpaired) electrons. The number of fused-ring (bicyclic) bond motifs is 2. The van der Waals surface area contributed by atoms with Crippen molar-refractivity contribution < 1.29 is 14.2 Å². The fourth-order valence-electron chi connectivity index (χ4n) is 2.69. The van der Waals surface area contributed by atoms with Crippen LogP contribution in [-0.4, -0.2) is 23.4 Å². The third kappa shape index (κ3) is 2.60. The minimum Gasteiger partial charge on any atom is -0.492 e. The summed E-state index contributed by atoms with van der Waals surface area (Å²) >= 11 is 0. The van der Waals surface area contributed by atoms with Crippen LogP contribution in [0, 0.1) is 0 Å². The van der Waals surface area contributed by atoms with Crippen LogP contribution < -0.4 is 25.7 Å². The molecule has 1 aromatic heterocycles. The summed E-state index contributed by atoms with van der Waals surface area (Å²) < 4.78 is 16.6. The Morgan fingerprint density at radius 2 is 1.92 bits per heavy atom. The number of benzene rings is 2. The van der Waals surface area contributed by atoms with Gasteiger partial charge in [-0.3, -0.25) is 0 Å². The van der Waals surface area contributed by atoms with Crippen molar-refractivity contribution in [3.63, 3.8) is 0 Å². The molecule has 0 atom stereocenters. The van der Waals surface area contributed by atoms with Crippen molar-refractivity contribution in [3.05, 3.63) is 42.0 Å². The zero-order chi connectivity index (χ0) is 16.5. The minimum atomic E-state index is 0.150. The van der Waals surface area contributed by atoms with E-state index in [1.807, 2.05) is 36.4 Å². The van der Waals surface area contributed by atoms with Crippen LogP contribution in [-0.2, 0) is 6.42 Å². The van der Waals surface area contributed by atoms with Crippen molar-refractivity contribution >= 4 is 22.7 Å². The third-order valence-electron chi connectivity index (χ3n) is 3.82. The number of hydrogen-bond acceptors (Lipinski definition) is 7. The molecule has 2 aromatic carbocycles. The third-order valence-corrected chi connectivity index (χ3v) is 3.82. The number of aromatic nitrogens is 2. The first kappa shape index (κ1) is 14.4. The molecule has 0 bridgehead atoms. The molecule has 7 heteroatoms. The van der Waals surface area contributed by atoms with Crippen molar-refractivity contribution in [2.45, 2.75) is 6.42 Å².